The van der Waals surface area contributed by atoms with Gasteiger partial charge < -0.3 is 16.4 Å². The van der Waals surface area contributed by atoms with Crippen LogP contribution in [0.3, 0.4) is 0 Å². The molecule has 9 heteroatoms. The van der Waals surface area contributed by atoms with E-state index in [2.05, 4.69) is 17.6 Å². The van der Waals surface area contributed by atoms with Gasteiger partial charge >= 0.3 is 0 Å². The Balaban J connectivity index is 0.00000576. The molecular formula is C16H29ClN4O3S. The number of rotatable bonds is 10. The van der Waals surface area contributed by atoms with Gasteiger partial charge in [-0.25, -0.2) is 8.42 Å². The Morgan fingerprint density at radius 3 is 2.32 bits per heavy atom. The van der Waals surface area contributed by atoms with Gasteiger partial charge in [-0.05, 0) is 24.6 Å². The van der Waals surface area contributed by atoms with Crippen LogP contribution in [0.1, 0.15) is 33.6 Å². The number of anilines is 2. The van der Waals surface area contributed by atoms with Crippen LogP contribution in [0.5, 0.6) is 0 Å². The highest BCUT2D eigenvalue weighted by Crippen LogP contribution is 2.27. The lowest BCUT2D eigenvalue weighted by molar-refractivity contribution is -0.114. The maximum absolute atomic E-state index is 12.6. The van der Waals surface area contributed by atoms with Gasteiger partial charge in [0.2, 0.25) is 15.9 Å². The van der Waals surface area contributed by atoms with Crippen molar-refractivity contribution in [3.8, 4) is 0 Å². The van der Waals surface area contributed by atoms with Gasteiger partial charge in [-0.15, -0.1) is 12.4 Å². The first-order valence-corrected chi connectivity index (χ1v) is 9.72. The molecule has 0 aliphatic rings. The first-order chi connectivity index (χ1) is 11.4. The number of hydrogen-bond donors (Lipinski definition) is 3. The number of hydrogen-bond acceptors (Lipinski definition) is 5. The predicted octanol–water partition coefficient (Wildman–Crippen LogP) is 2.25. The van der Waals surface area contributed by atoms with E-state index < -0.39 is 10.0 Å². The topological polar surface area (TPSA) is 105 Å². The quantitative estimate of drug-likeness (QED) is 0.529. The number of benzene rings is 1. The van der Waals surface area contributed by atoms with Gasteiger partial charge in [-0.1, -0.05) is 27.2 Å². The third-order valence-corrected chi connectivity index (χ3v) is 5.69. The molecule has 144 valence electrons. The van der Waals surface area contributed by atoms with Crippen molar-refractivity contribution in [2.24, 2.45) is 5.73 Å². The number of nitrogens with one attached hydrogen (secondary N) is 2. The Kier molecular flexibility index (Phi) is 10.7. The van der Waals surface area contributed by atoms with Gasteiger partial charge in [-0.3, -0.25) is 4.79 Å². The molecule has 0 saturated heterocycles. The van der Waals surface area contributed by atoms with E-state index in [1.54, 1.807) is 26.0 Å². The van der Waals surface area contributed by atoms with Crippen LogP contribution >= 0.6 is 12.4 Å². The van der Waals surface area contributed by atoms with Crippen LogP contribution in [-0.4, -0.2) is 44.8 Å². The van der Waals surface area contributed by atoms with E-state index in [0.29, 0.717) is 24.5 Å². The standard InChI is InChI=1S/C16H28N4O3S.ClH/c1-4-7-10-18-14-9-8-13(11-15(14)19-16(21)12-17)24(22,23)20(5-2)6-3;/h8-9,11,18H,4-7,10,12,17H2,1-3H3,(H,19,21);1H. The van der Waals surface area contributed by atoms with Crippen LogP contribution in [0.4, 0.5) is 11.4 Å². The first kappa shape index (κ1) is 23.6. The van der Waals surface area contributed by atoms with Gasteiger partial charge in [0.05, 0.1) is 22.8 Å². The van der Waals surface area contributed by atoms with E-state index in [-0.39, 0.29) is 29.8 Å². The predicted molar refractivity (Wildman–Crippen MR) is 105 cm³/mol. The number of sulfonamides is 1. The van der Waals surface area contributed by atoms with Crippen LogP contribution in [0, 0.1) is 0 Å². The summed E-state index contributed by atoms with van der Waals surface area (Å²) in [6, 6.07) is 4.72. The van der Waals surface area contributed by atoms with Crippen molar-refractivity contribution >= 4 is 39.7 Å². The molecule has 4 N–H and O–H groups in total. The van der Waals surface area contributed by atoms with Crippen molar-refractivity contribution in [1.82, 2.24) is 4.31 Å². The smallest absolute Gasteiger partial charge is 0.243 e. The third kappa shape index (κ3) is 6.47. The number of halogens is 1. The van der Waals surface area contributed by atoms with E-state index in [1.165, 1.54) is 10.4 Å². The summed E-state index contributed by atoms with van der Waals surface area (Å²) in [6.45, 7) is 7.02. The maximum Gasteiger partial charge on any atom is 0.243 e. The third-order valence-electron chi connectivity index (χ3n) is 3.64. The van der Waals surface area contributed by atoms with Crippen LogP contribution in [-0.2, 0) is 14.8 Å². The molecule has 1 aromatic carbocycles. The van der Waals surface area contributed by atoms with Crippen molar-refractivity contribution in [2.45, 2.75) is 38.5 Å². The van der Waals surface area contributed by atoms with Gasteiger partial charge in [-0.2, -0.15) is 4.31 Å². The molecule has 1 rings (SSSR count). The summed E-state index contributed by atoms with van der Waals surface area (Å²) in [5, 5.41) is 5.88. The van der Waals surface area contributed by atoms with Crippen molar-refractivity contribution in [1.29, 1.82) is 0 Å². The molecule has 0 unspecified atom stereocenters. The van der Waals surface area contributed by atoms with Gasteiger partial charge in [0.15, 0.2) is 0 Å². The summed E-state index contributed by atoms with van der Waals surface area (Å²) in [7, 11) is -3.59. The lowest BCUT2D eigenvalue weighted by atomic mass is 10.2. The summed E-state index contributed by atoms with van der Waals surface area (Å²) in [6.07, 6.45) is 2.01. The normalized spacial score (nSPS) is 11.1. The number of unbranched alkanes of at least 4 members (excludes halogenated alkanes) is 1. The average Bonchev–Trinajstić information content (AvgIpc) is 2.56. The molecule has 1 aromatic rings. The van der Waals surface area contributed by atoms with E-state index in [1.807, 2.05) is 0 Å². The minimum atomic E-state index is -3.59. The Morgan fingerprint density at radius 2 is 1.80 bits per heavy atom. The van der Waals surface area contributed by atoms with Crippen molar-refractivity contribution in [3.05, 3.63) is 18.2 Å². The zero-order valence-electron chi connectivity index (χ0n) is 15.0. The summed E-state index contributed by atoms with van der Waals surface area (Å²) in [4.78, 5) is 11.8. The summed E-state index contributed by atoms with van der Waals surface area (Å²) in [5.74, 6) is -0.370. The molecule has 0 aliphatic heterocycles. The van der Waals surface area contributed by atoms with Gasteiger partial charge in [0.25, 0.3) is 0 Å². The van der Waals surface area contributed by atoms with Crippen molar-refractivity contribution < 1.29 is 13.2 Å². The molecule has 7 nitrogen and oxygen atoms in total. The van der Waals surface area contributed by atoms with Crippen molar-refractivity contribution in [2.75, 3.05) is 36.8 Å². The monoisotopic (exact) mass is 392 g/mol. The molecule has 0 aliphatic carbocycles. The fourth-order valence-corrected chi connectivity index (χ4v) is 3.74. The average molecular weight is 393 g/mol. The van der Waals surface area contributed by atoms with E-state index in [9.17, 15) is 13.2 Å². The first-order valence-electron chi connectivity index (χ1n) is 8.28. The van der Waals surface area contributed by atoms with E-state index >= 15 is 0 Å². The highest BCUT2D eigenvalue weighted by Gasteiger charge is 2.22. The molecule has 0 spiro atoms. The zero-order chi connectivity index (χ0) is 18.2. The molecule has 0 aromatic heterocycles. The largest absolute Gasteiger partial charge is 0.383 e. The minimum Gasteiger partial charge on any atom is -0.383 e. The SMILES string of the molecule is CCCCNc1ccc(S(=O)(=O)N(CC)CC)cc1NC(=O)CN.Cl. The second kappa shape index (κ2) is 11.3. The Morgan fingerprint density at radius 1 is 1.16 bits per heavy atom. The molecule has 0 radical (unpaired) electrons. The molecule has 25 heavy (non-hydrogen) atoms. The number of amides is 1. The highest BCUT2D eigenvalue weighted by molar-refractivity contribution is 7.89. The second-order valence-corrected chi connectivity index (χ2v) is 7.27. The van der Waals surface area contributed by atoms with Crippen LogP contribution in [0.15, 0.2) is 23.1 Å². The lowest BCUT2D eigenvalue weighted by Gasteiger charge is -2.20. The van der Waals surface area contributed by atoms with Crippen molar-refractivity contribution in [3.63, 3.8) is 0 Å². The highest BCUT2D eigenvalue weighted by atomic mass is 35.5. The van der Waals surface area contributed by atoms with Gasteiger partial charge in [0, 0.05) is 19.6 Å². The molecule has 0 atom stereocenters. The van der Waals surface area contributed by atoms with Gasteiger partial charge in [0.1, 0.15) is 0 Å². The lowest BCUT2D eigenvalue weighted by Crippen LogP contribution is -2.30. The van der Waals surface area contributed by atoms with Crippen LogP contribution in [0.25, 0.3) is 0 Å². The Hall–Kier alpha value is -1.35. The number of carbonyl (C=O) groups is 1. The number of carbonyl (C=O) groups excluding carboxylic acids is 1. The number of nitrogens with zero attached hydrogens (tertiary/aromatic N) is 1. The molecule has 0 heterocycles. The molecular weight excluding hydrogens is 364 g/mol. The van der Waals surface area contributed by atoms with Crippen LogP contribution in [0.2, 0.25) is 0 Å². The second-order valence-electron chi connectivity index (χ2n) is 5.33. The Bertz CT molecular complexity index is 649. The Labute approximate surface area is 156 Å². The van der Waals surface area contributed by atoms with Crippen LogP contribution < -0.4 is 16.4 Å². The fraction of sp³-hybridized carbons (Fsp3) is 0.562. The van der Waals surface area contributed by atoms with E-state index in [0.717, 1.165) is 19.4 Å². The zero-order valence-corrected chi connectivity index (χ0v) is 16.7. The molecule has 0 saturated carbocycles. The van der Waals surface area contributed by atoms with E-state index in [4.69, 9.17) is 5.73 Å². The molecule has 0 fully saturated rings. The summed E-state index contributed by atoms with van der Waals surface area (Å²) >= 11 is 0. The minimum absolute atomic E-state index is 0. The fourth-order valence-electron chi connectivity index (χ4n) is 2.26. The summed E-state index contributed by atoms with van der Waals surface area (Å²) in [5.41, 5.74) is 6.46. The molecule has 0 bridgehead atoms. The molecule has 1 amide bonds. The summed E-state index contributed by atoms with van der Waals surface area (Å²) < 4.78 is 26.7. The maximum atomic E-state index is 12.6. The number of nitrogens with two attached hydrogens (primary N) is 1.